The van der Waals surface area contributed by atoms with Crippen LogP contribution in [0.3, 0.4) is 0 Å². The van der Waals surface area contributed by atoms with E-state index in [2.05, 4.69) is 0 Å². The van der Waals surface area contributed by atoms with Crippen LogP contribution in [0.2, 0.25) is 0 Å². The highest BCUT2D eigenvalue weighted by Crippen LogP contribution is 2.52. The van der Waals surface area contributed by atoms with E-state index in [0.29, 0.717) is 24.0 Å². The van der Waals surface area contributed by atoms with Gasteiger partial charge in [0.25, 0.3) is 5.56 Å². The van der Waals surface area contributed by atoms with Crippen molar-refractivity contribution in [2.24, 2.45) is 11.3 Å². The maximum Gasteiger partial charge on any atom is 0.389 e. The van der Waals surface area contributed by atoms with Crippen LogP contribution < -0.4 is 5.56 Å². The third-order valence-corrected chi connectivity index (χ3v) is 8.33. The predicted molar refractivity (Wildman–Crippen MR) is 140 cm³/mol. The molecule has 2 atom stereocenters. The van der Waals surface area contributed by atoms with E-state index in [9.17, 15) is 37.8 Å². The van der Waals surface area contributed by atoms with Crippen molar-refractivity contribution in [1.29, 1.82) is 0 Å². The zero-order valence-electron chi connectivity index (χ0n) is 22.5. The van der Waals surface area contributed by atoms with Gasteiger partial charge in [-0.2, -0.15) is 13.2 Å². The van der Waals surface area contributed by atoms with Crippen molar-refractivity contribution >= 4 is 11.9 Å². The summed E-state index contributed by atoms with van der Waals surface area (Å²) >= 11 is 0. The quantitative estimate of drug-likeness (QED) is 0.473. The number of ether oxygens (including phenoxy) is 1. The first-order valence-electron chi connectivity index (χ1n) is 13.6. The number of aromatic nitrogens is 1. The SMILES string of the molecule is CCOC(=O)c1cn(C[C@]2(O)CCN(C(=O)C(CO)CC(F)(F)F)CC23CCCC3)c(=O)cc1-c1ccccc1. The van der Waals surface area contributed by atoms with Crippen LogP contribution in [0, 0.1) is 11.3 Å². The van der Waals surface area contributed by atoms with Crippen molar-refractivity contribution in [2.75, 3.05) is 26.3 Å². The second-order valence-corrected chi connectivity index (χ2v) is 10.9. The average Bonchev–Trinajstić information content (AvgIpc) is 3.39. The minimum Gasteiger partial charge on any atom is -0.462 e. The highest BCUT2D eigenvalue weighted by atomic mass is 19.4. The second-order valence-electron chi connectivity index (χ2n) is 10.9. The number of aliphatic hydroxyl groups is 2. The lowest BCUT2D eigenvalue weighted by atomic mass is 9.65. The van der Waals surface area contributed by atoms with Gasteiger partial charge in [0.2, 0.25) is 5.91 Å². The number of rotatable bonds is 8. The van der Waals surface area contributed by atoms with E-state index < -0.39 is 53.6 Å². The fourth-order valence-corrected chi connectivity index (χ4v) is 6.26. The van der Waals surface area contributed by atoms with Crippen molar-refractivity contribution in [3.05, 3.63) is 58.5 Å². The molecule has 1 unspecified atom stereocenters. The maximum atomic E-state index is 13.3. The molecule has 2 heterocycles. The Morgan fingerprint density at radius 2 is 1.80 bits per heavy atom. The normalized spacial score (nSPS) is 21.4. The van der Waals surface area contributed by atoms with E-state index in [0.717, 1.165) is 12.8 Å². The molecule has 1 aliphatic heterocycles. The monoisotopic (exact) mass is 564 g/mol. The van der Waals surface area contributed by atoms with Gasteiger partial charge < -0.3 is 24.4 Å². The number of hydrogen-bond donors (Lipinski definition) is 2. The highest BCUT2D eigenvalue weighted by Gasteiger charge is 2.56. The summed E-state index contributed by atoms with van der Waals surface area (Å²) in [5.41, 5.74) is -1.50. The van der Waals surface area contributed by atoms with Gasteiger partial charge in [-0.05, 0) is 31.7 Å². The topological polar surface area (TPSA) is 109 Å². The minimum absolute atomic E-state index is 0.0208. The summed E-state index contributed by atoms with van der Waals surface area (Å²) in [4.78, 5) is 40.5. The third-order valence-electron chi connectivity index (χ3n) is 8.33. The molecule has 4 rings (SSSR count). The van der Waals surface area contributed by atoms with Gasteiger partial charge in [-0.15, -0.1) is 0 Å². The number of benzene rings is 1. The molecular formula is C29H35F3N2O6. The Balaban J connectivity index is 1.66. The first-order valence-corrected chi connectivity index (χ1v) is 13.6. The summed E-state index contributed by atoms with van der Waals surface area (Å²) in [7, 11) is 0. The number of amides is 1. The Kier molecular flexibility index (Phi) is 8.75. The molecule has 218 valence electrons. The van der Waals surface area contributed by atoms with Crippen molar-refractivity contribution in [3.63, 3.8) is 0 Å². The summed E-state index contributed by atoms with van der Waals surface area (Å²) in [6.45, 7) is 0.735. The number of halogens is 3. The number of hydrogen-bond acceptors (Lipinski definition) is 6. The molecule has 1 saturated carbocycles. The lowest BCUT2D eigenvalue weighted by molar-refractivity contribution is -0.175. The number of aliphatic hydroxyl groups excluding tert-OH is 1. The van der Waals surface area contributed by atoms with E-state index in [1.165, 1.54) is 21.7 Å². The molecule has 1 aliphatic carbocycles. The molecule has 0 bridgehead atoms. The van der Waals surface area contributed by atoms with E-state index in [4.69, 9.17) is 4.74 Å². The fourth-order valence-electron chi connectivity index (χ4n) is 6.26. The number of piperidine rings is 1. The third kappa shape index (κ3) is 6.10. The van der Waals surface area contributed by atoms with Crippen molar-refractivity contribution in [2.45, 2.75) is 63.8 Å². The predicted octanol–water partition coefficient (Wildman–Crippen LogP) is 3.78. The van der Waals surface area contributed by atoms with E-state index in [1.54, 1.807) is 31.2 Å². The smallest absolute Gasteiger partial charge is 0.389 e. The lowest BCUT2D eigenvalue weighted by Crippen LogP contribution is -2.62. The first-order chi connectivity index (χ1) is 18.9. The van der Waals surface area contributed by atoms with Crippen molar-refractivity contribution < 1.29 is 37.7 Å². The van der Waals surface area contributed by atoms with Gasteiger partial charge in [-0.25, -0.2) is 4.79 Å². The van der Waals surface area contributed by atoms with Crippen LogP contribution in [-0.2, 0) is 16.1 Å². The summed E-state index contributed by atoms with van der Waals surface area (Å²) < 4.78 is 45.5. The minimum atomic E-state index is -4.60. The molecule has 40 heavy (non-hydrogen) atoms. The Labute approximate surface area is 230 Å². The molecule has 1 amide bonds. The molecule has 2 fully saturated rings. The molecule has 8 nitrogen and oxygen atoms in total. The molecule has 1 aromatic carbocycles. The van der Waals surface area contributed by atoms with Gasteiger partial charge in [0.1, 0.15) is 0 Å². The standard InChI is InChI=1S/C29H35F3N2O6/c1-2-40-26(38)23-16-34(24(36)14-22(23)20-8-4-3-5-9-20)19-28(39)12-13-33(18-27(28)10-6-7-11-27)25(37)21(17-35)15-29(30,31)32/h3-5,8-9,14,16,21,35,39H,2,6-7,10-13,15,17-19H2,1H3/t21?,28-/m1/s1. The van der Waals surface area contributed by atoms with Gasteiger partial charge in [0.15, 0.2) is 0 Å². The summed E-state index contributed by atoms with van der Waals surface area (Å²) in [6.07, 6.45) is -2.03. The second kappa shape index (κ2) is 11.7. The summed E-state index contributed by atoms with van der Waals surface area (Å²) in [6, 6.07) is 10.3. The van der Waals surface area contributed by atoms with Crippen LogP contribution in [0.15, 0.2) is 47.4 Å². The van der Waals surface area contributed by atoms with Crippen molar-refractivity contribution in [1.82, 2.24) is 9.47 Å². The Hall–Kier alpha value is -3.18. The van der Waals surface area contributed by atoms with Crippen molar-refractivity contribution in [3.8, 4) is 11.1 Å². The van der Waals surface area contributed by atoms with E-state index in [1.807, 2.05) is 6.07 Å². The van der Waals surface area contributed by atoms with Gasteiger partial charge in [0, 0.05) is 36.3 Å². The Morgan fingerprint density at radius 1 is 1.12 bits per heavy atom. The molecule has 1 spiro atoms. The van der Waals surface area contributed by atoms with Gasteiger partial charge in [-0.3, -0.25) is 9.59 Å². The molecule has 2 aromatic rings. The zero-order valence-corrected chi connectivity index (χ0v) is 22.5. The zero-order chi connectivity index (χ0) is 29.1. The van der Waals surface area contributed by atoms with Crippen LogP contribution in [0.5, 0.6) is 0 Å². The first kappa shape index (κ1) is 29.8. The molecule has 2 aliphatic rings. The highest BCUT2D eigenvalue weighted by molar-refractivity contribution is 5.96. The number of alkyl halides is 3. The molecule has 1 saturated heterocycles. The maximum absolute atomic E-state index is 13.3. The molecule has 1 aromatic heterocycles. The van der Waals surface area contributed by atoms with E-state index >= 15 is 0 Å². The fraction of sp³-hybridized carbons (Fsp3) is 0.552. The number of carbonyl (C=O) groups is 2. The van der Waals surface area contributed by atoms with Gasteiger partial charge in [0.05, 0.1) is 43.3 Å². The number of carbonyl (C=O) groups excluding carboxylic acids is 2. The Bertz CT molecular complexity index is 1270. The number of nitrogens with zero attached hydrogens (tertiary/aromatic N) is 2. The lowest BCUT2D eigenvalue weighted by Gasteiger charge is -2.52. The van der Waals surface area contributed by atoms with Gasteiger partial charge in [-0.1, -0.05) is 43.2 Å². The van der Waals surface area contributed by atoms with Crippen LogP contribution in [-0.4, -0.2) is 69.6 Å². The summed E-state index contributed by atoms with van der Waals surface area (Å²) in [5.74, 6) is -3.01. The molecule has 11 heteroatoms. The Morgan fingerprint density at radius 3 is 2.40 bits per heavy atom. The number of esters is 1. The summed E-state index contributed by atoms with van der Waals surface area (Å²) in [5, 5.41) is 21.6. The number of likely N-dealkylation sites (tertiary alicyclic amines) is 1. The van der Waals surface area contributed by atoms with Crippen LogP contribution in [0.25, 0.3) is 11.1 Å². The van der Waals surface area contributed by atoms with Crippen LogP contribution in [0.4, 0.5) is 13.2 Å². The van der Waals surface area contributed by atoms with Crippen LogP contribution >= 0.6 is 0 Å². The molecule has 0 radical (unpaired) electrons. The number of pyridine rings is 1. The molecule has 2 N–H and O–H groups in total. The largest absolute Gasteiger partial charge is 0.462 e. The van der Waals surface area contributed by atoms with Gasteiger partial charge >= 0.3 is 12.1 Å². The average molecular weight is 565 g/mol. The van der Waals surface area contributed by atoms with Crippen LogP contribution in [0.1, 0.15) is 55.8 Å². The van der Waals surface area contributed by atoms with E-state index in [-0.39, 0.29) is 38.2 Å². The molecular weight excluding hydrogens is 529 g/mol.